The zero-order valence-corrected chi connectivity index (χ0v) is 12.3. The number of benzene rings is 1. The summed E-state index contributed by atoms with van der Waals surface area (Å²) < 4.78 is 5.37. The second kappa shape index (κ2) is 5.88. The molecule has 4 heteroatoms. The Morgan fingerprint density at radius 2 is 2.00 bits per heavy atom. The molecule has 2 aliphatic rings. The summed E-state index contributed by atoms with van der Waals surface area (Å²) in [5.41, 5.74) is 1.12. The summed E-state index contributed by atoms with van der Waals surface area (Å²) in [7, 11) is 0. The Morgan fingerprint density at radius 3 is 2.76 bits per heavy atom. The average molecular weight is 287 g/mol. The highest BCUT2D eigenvalue weighted by atomic mass is 16.6. The lowest BCUT2D eigenvalue weighted by Crippen LogP contribution is -2.45. The molecule has 0 unspecified atom stereocenters. The van der Waals surface area contributed by atoms with Gasteiger partial charge in [0.15, 0.2) is 0 Å². The van der Waals surface area contributed by atoms with Gasteiger partial charge in [0.25, 0.3) is 0 Å². The van der Waals surface area contributed by atoms with Crippen LogP contribution in [-0.2, 0) is 16.0 Å². The van der Waals surface area contributed by atoms with Crippen LogP contribution in [0.4, 0.5) is 4.79 Å². The molecule has 0 aromatic heterocycles. The summed E-state index contributed by atoms with van der Waals surface area (Å²) >= 11 is 0. The van der Waals surface area contributed by atoms with Gasteiger partial charge in [0.1, 0.15) is 6.10 Å². The van der Waals surface area contributed by atoms with Crippen molar-refractivity contribution in [1.29, 1.82) is 0 Å². The summed E-state index contributed by atoms with van der Waals surface area (Å²) in [6.07, 6.45) is 4.02. The Labute approximate surface area is 125 Å². The molecule has 0 bridgehead atoms. The first-order valence-electron chi connectivity index (χ1n) is 7.74. The first-order valence-corrected chi connectivity index (χ1v) is 7.74. The van der Waals surface area contributed by atoms with E-state index in [1.54, 1.807) is 0 Å². The second-order valence-corrected chi connectivity index (χ2v) is 6.07. The molecule has 3 atom stereocenters. The van der Waals surface area contributed by atoms with Crippen LogP contribution in [0, 0.1) is 5.92 Å². The monoisotopic (exact) mass is 287 g/mol. The summed E-state index contributed by atoms with van der Waals surface area (Å²) in [6.45, 7) is 1.89. The highest BCUT2D eigenvalue weighted by molar-refractivity contribution is 5.95. The van der Waals surface area contributed by atoms with Crippen molar-refractivity contribution in [3.63, 3.8) is 0 Å². The maximum Gasteiger partial charge on any atom is 0.417 e. The molecule has 0 N–H and O–H groups in total. The smallest absolute Gasteiger partial charge is 0.417 e. The molecule has 1 aromatic rings. The zero-order chi connectivity index (χ0) is 14.8. The molecule has 1 heterocycles. The van der Waals surface area contributed by atoms with Crippen LogP contribution in [-0.4, -0.2) is 29.0 Å². The van der Waals surface area contributed by atoms with Crippen LogP contribution in [0.2, 0.25) is 0 Å². The molecule has 0 radical (unpaired) electrons. The van der Waals surface area contributed by atoms with Gasteiger partial charge >= 0.3 is 6.09 Å². The van der Waals surface area contributed by atoms with Crippen molar-refractivity contribution >= 4 is 12.0 Å². The molecular formula is C17H21NO3. The van der Waals surface area contributed by atoms with E-state index in [0.29, 0.717) is 6.42 Å². The third-order valence-corrected chi connectivity index (χ3v) is 4.49. The lowest BCUT2D eigenvalue weighted by molar-refractivity contribution is -0.133. The van der Waals surface area contributed by atoms with E-state index in [4.69, 9.17) is 4.74 Å². The molecule has 1 saturated carbocycles. The quantitative estimate of drug-likeness (QED) is 0.858. The molecule has 2 fully saturated rings. The normalized spacial score (nSPS) is 26.1. The van der Waals surface area contributed by atoms with Crippen LogP contribution in [0.25, 0.3) is 0 Å². The average Bonchev–Trinajstić information content (AvgIpc) is 2.83. The Hall–Kier alpha value is -1.84. The molecule has 0 spiro atoms. The molecule has 1 aromatic carbocycles. The molecule has 3 rings (SSSR count). The lowest BCUT2D eigenvalue weighted by atomic mass is 9.91. The van der Waals surface area contributed by atoms with Gasteiger partial charge in [-0.1, -0.05) is 43.7 Å². The Morgan fingerprint density at radius 1 is 1.29 bits per heavy atom. The van der Waals surface area contributed by atoms with Gasteiger partial charge < -0.3 is 4.74 Å². The van der Waals surface area contributed by atoms with E-state index in [9.17, 15) is 9.59 Å². The van der Waals surface area contributed by atoms with E-state index >= 15 is 0 Å². The number of ether oxygens (including phenoxy) is 1. The van der Waals surface area contributed by atoms with Crippen molar-refractivity contribution in [2.45, 2.75) is 51.2 Å². The van der Waals surface area contributed by atoms with E-state index in [1.807, 2.05) is 37.3 Å². The van der Waals surface area contributed by atoms with E-state index < -0.39 is 6.09 Å². The Balaban J connectivity index is 1.70. The van der Waals surface area contributed by atoms with Crippen molar-refractivity contribution < 1.29 is 14.3 Å². The number of nitrogens with zero attached hydrogens (tertiary/aromatic N) is 1. The SMILES string of the molecule is C[C@H](Cc1ccccc1)C(=O)N1C(=O)O[C@@H]2CCCC[C@H]21. The highest BCUT2D eigenvalue weighted by Gasteiger charge is 2.46. The highest BCUT2D eigenvalue weighted by Crippen LogP contribution is 2.33. The molecule has 1 aliphatic heterocycles. The molecule has 1 aliphatic carbocycles. The van der Waals surface area contributed by atoms with Crippen molar-refractivity contribution in [3.05, 3.63) is 35.9 Å². The van der Waals surface area contributed by atoms with E-state index in [1.165, 1.54) is 4.90 Å². The molecule has 4 nitrogen and oxygen atoms in total. The van der Waals surface area contributed by atoms with Crippen molar-refractivity contribution in [3.8, 4) is 0 Å². The first-order chi connectivity index (χ1) is 10.2. The summed E-state index contributed by atoms with van der Waals surface area (Å²) in [4.78, 5) is 26.0. The fourth-order valence-corrected chi connectivity index (χ4v) is 3.38. The van der Waals surface area contributed by atoms with E-state index in [2.05, 4.69) is 0 Å². The van der Waals surface area contributed by atoms with Crippen LogP contribution < -0.4 is 0 Å². The fourth-order valence-electron chi connectivity index (χ4n) is 3.38. The molecule has 112 valence electrons. The predicted molar refractivity (Wildman–Crippen MR) is 78.7 cm³/mol. The summed E-state index contributed by atoms with van der Waals surface area (Å²) in [5.74, 6) is -0.307. The van der Waals surface area contributed by atoms with Gasteiger partial charge in [0.05, 0.1) is 6.04 Å². The standard InChI is InChI=1S/C17H21NO3/c1-12(11-13-7-3-2-4-8-13)16(19)18-14-9-5-6-10-15(14)21-17(18)20/h2-4,7-8,12,14-15H,5-6,9-11H2,1H3/t12-,14-,15-/m1/s1. The number of hydrogen-bond acceptors (Lipinski definition) is 3. The van der Waals surface area contributed by atoms with Gasteiger partial charge in [-0.2, -0.15) is 0 Å². The number of carbonyl (C=O) groups excluding carboxylic acids is 2. The van der Waals surface area contributed by atoms with Crippen LogP contribution in [0.15, 0.2) is 30.3 Å². The molecule has 2 amide bonds. The van der Waals surface area contributed by atoms with E-state index in [-0.39, 0.29) is 24.0 Å². The van der Waals surface area contributed by atoms with E-state index in [0.717, 1.165) is 31.2 Å². The maximum absolute atomic E-state index is 12.6. The van der Waals surface area contributed by atoms with Crippen LogP contribution in [0.1, 0.15) is 38.2 Å². The minimum absolute atomic E-state index is 0.0445. The Bertz CT molecular complexity index is 528. The predicted octanol–water partition coefficient (Wildman–Crippen LogP) is 3.16. The minimum Gasteiger partial charge on any atom is -0.444 e. The molecular weight excluding hydrogens is 266 g/mol. The number of imide groups is 1. The Kier molecular flexibility index (Phi) is 3.95. The number of carbonyl (C=O) groups is 2. The van der Waals surface area contributed by atoms with Crippen LogP contribution in [0.3, 0.4) is 0 Å². The lowest BCUT2D eigenvalue weighted by Gasteiger charge is -2.28. The number of fused-ring (bicyclic) bond motifs is 1. The number of amides is 2. The maximum atomic E-state index is 12.6. The first kappa shape index (κ1) is 14.1. The fraction of sp³-hybridized carbons (Fsp3) is 0.529. The van der Waals surface area contributed by atoms with Gasteiger partial charge in [-0.05, 0) is 31.2 Å². The summed E-state index contributed by atoms with van der Waals surface area (Å²) in [5, 5.41) is 0. The van der Waals surface area contributed by atoms with Crippen LogP contribution in [0.5, 0.6) is 0 Å². The van der Waals surface area contributed by atoms with Gasteiger partial charge in [0.2, 0.25) is 5.91 Å². The molecule has 1 saturated heterocycles. The number of rotatable bonds is 3. The van der Waals surface area contributed by atoms with Crippen molar-refractivity contribution in [2.75, 3.05) is 0 Å². The number of hydrogen-bond donors (Lipinski definition) is 0. The molecule has 21 heavy (non-hydrogen) atoms. The largest absolute Gasteiger partial charge is 0.444 e. The van der Waals surface area contributed by atoms with Crippen molar-refractivity contribution in [1.82, 2.24) is 4.90 Å². The second-order valence-electron chi connectivity index (χ2n) is 6.07. The van der Waals surface area contributed by atoms with Gasteiger partial charge in [-0.3, -0.25) is 4.79 Å². The van der Waals surface area contributed by atoms with Gasteiger partial charge in [0, 0.05) is 5.92 Å². The minimum atomic E-state index is -0.447. The topological polar surface area (TPSA) is 46.6 Å². The third kappa shape index (κ3) is 2.80. The third-order valence-electron chi connectivity index (χ3n) is 4.49. The van der Waals surface area contributed by atoms with Gasteiger partial charge in [-0.25, -0.2) is 9.69 Å². The zero-order valence-electron chi connectivity index (χ0n) is 12.3. The van der Waals surface area contributed by atoms with Gasteiger partial charge in [-0.15, -0.1) is 0 Å². The van der Waals surface area contributed by atoms with Crippen LogP contribution >= 0.6 is 0 Å². The summed E-state index contributed by atoms with van der Waals surface area (Å²) in [6, 6.07) is 9.87. The van der Waals surface area contributed by atoms with Crippen molar-refractivity contribution in [2.24, 2.45) is 5.92 Å².